The molecule has 4 aromatic rings. The number of benzene rings is 3. The highest BCUT2D eigenvalue weighted by molar-refractivity contribution is 6.30. The van der Waals surface area contributed by atoms with Crippen molar-refractivity contribution in [2.24, 2.45) is 5.10 Å². The smallest absolute Gasteiger partial charge is 0.244 e. The van der Waals surface area contributed by atoms with Gasteiger partial charge in [-0.25, -0.2) is 5.43 Å². The molecule has 0 saturated carbocycles. The fourth-order valence-electron chi connectivity index (χ4n) is 2.53. The molecule has 0 bridgehead atoms. The Bertz CT molecular complexity index is 1030. The molecule has 0 radical (unpaired) electrons. The van der Waals surface area contributed by atoms with Crippen LogP contribution >= 0.6 is 11.6 Å². The van der Waals surface area contributed by atoms with E-state index < -0.39 is 0 Å². The summed E-state index contributed by atoms with van der Waals surface area (Å²) in [7, 11) is 0. The average molecular weight is 349 g/mol. The number of nitrogens with zero attached hydrogens (tertiary/aromatic N) is 5. The molecule has 0 atom stereocenters. The van der Waals surface area contributed by atoms with Crippen LogP contribution in [0.4, 0.5) is 5.95 Å². The van der Waals surface area contributed by atoms with E-state index in [1.807, 2.05) is 54.6 Å². The van der Waals surface area contributed by atoms with Crippen LogP contribution in [0.3, 0.4) is 0 Å². The molecule has 122 valence electrons. The van der Waals surface area contributed by atoms with Gasteiger partial charge in [-0.1, -0.05) is 65.2 Å². The van der Waals surface area contributed by atoms with Crippen LogP contribution in [0.2, 0.25) is 5.02 Å². The van der Waals surface area contributed by atoms with E-state index in [0.717, 1.165) is 22.0 Å². The minimum Gasteiger partial charge on any atom is -0.244 e. The summed E-state index contributed by atoms with van der Waals surface area (Å²) >= 11 is 5.87. The van der Waals surface area contributed by atoms with Crippen molar-refractivity contribution in [3.63, 3.8) is 0 Å². The number of hydrogen-bond donors (Lipinski definition) is 1. The van der Waals surface area contributed by atoms with Crippen LogP contribution in [-0.4, -0.2) is 26.4 Å². The van der Waals surface area contributed by atoms with Gasteiger partial charge in [0.2, 0.25) is 0 Å². The Morgan fingerprint density at radius 3 is 2.64 bits per heavy atom. The van der Waals surface area contributed by atoms with Crippen LogP contribution in [0.1, 0.15) is 5.56 Å². The van der Waals surface area contributed by atoms with Gasteiger partial charge in [0, 0.05) is 10.4 Å². The number of fused-ring (bicyclic) bond motifs is 1. The molecule has 4 rings (SSSR count). The quantitative estimate of drug-likeness (QED) is 0.448. The SMILES string of the molecule is Clc1ccc(C=NNc2nnnn2-c2cccc3ccccc23)cc1. The van der Waals surface area contributed by atoms with Gasteiger partial charge >= 0.3 is 0 Å². The Labute approximate surface area is 148 Å². The van der Waals surface area contributed by atoms with Crippen LogP contribution in [0, 0.1) is 0 Å². The predicted octanol–water partition coefficient (Wildman–Crippen LogP) is 3.91. The number of tetrazole rings is 1. The molecule has 1 aromatic heterocycles. The first-order chi connectivity index (χ1) is 12.3. The monoisotopic (exact) mass is 348 g/mol. The Kier molecular flexibility index (Phi) is 4.10. The zero-order valence-electron chi connectivity index (χ0n) is 13.0. The fourth-order valence-corrected chi connectivity index (χ4v) is 2.65. The summed E-state index contributed by atoms with van der Waals surface area (Å²) in [4.78, 5) is 0. The molecule has 25 heavy (non-hydrogen) atoms. The summed E-state index contributed by atoms with van der Waals surface area (Å²) in [5, 5.41) is 18.9. The van der Waals surface area contributed by atoms with Crippen LogP contribution < -0.4 is 5.43 Å². The third-order valence-corrected chi connectivity index (χ3v) is 3.96. The lowest BCUT2D eigenvalue weighted by atomic mass is 10.1. The van der Waals surface area contributed by atoms with Gasteiger partial charge in [0.25, 0.3) is 5.95 Å². The molecule has 1 heterocycles. The summed E-state index contributed by atoms with van der Waals surface area (Å²) in [5.74, 6) is 0.432. The molecule has 0 aliphatic rings. The molecule has 3 aromatic carbocycles. The molecule has 0 aliphatic carbocycles. The van der Waals surface area contributed by atoms with E-state index in [-0.39, 0.29) is 0 Å². The normalized spacial score (nSPS) is 11.2. The lowest BCUT2D eigenvalue weighted by molar-refractivity contribution is 0.794. The van der Waals surface area contributed by atoms with E-state index in [1.165, 1.54) is 0 Å². The highest BCUT2D eigenvalue weighted by atomic mass is 35.5. The molecule has 6 nitrogen and oxygen atoms in total. The van der Waals surface area contributed by atoms with Crippen molar-refractivity contribution < 1.29 is 0 Å². The molecule has 7 heteroatoms. The maximum atomic E-state index is 5.87. The van der Waals surface area contributed by atoms with Gasteiger partial charge in [-0.3, -0.25) is 0 Å². The van der Waals surface area contributed by atoms with E-state index in [9.17, 15) is 0 Å². The highest BCUT2D eigenvalue weighted by Crippen LogP contribution is 2.23. The Morgan fingerprint density at radius 1 is 0.960 bits per heavy atom. The van der Waals surface area contributed by atoms with E-state index in [4.69, 9.17) is 11.6 Å². The Hall–Kier alpha value is -3.25. The molecular formula is C18H13ClN6. The van der Waals surface area contributed by atoms with E-state index in [1.54, 1.807) is 10.9 Å². The van der Waals surface area contributed by atoms with Gasteiger partial charge < -0.3 is 0 Å². The van der Waals surface area contributed by atoms with Crippen molar-refractivity contribution in [1.82, 2.24) is 20.2 Å². The minimum atomic E-state index is 0.432. The standard InChI is InChI=1S/C18H13ClN6/c19-15-10-8-13(9-11-15)12-20-21-18-22-23-24-25(18)17-7-3-5-14-4-1-2-6-16(14)17/h1-12H,(H,21,22,24). The van der Waals surface area contributed by atoms with Gasteiger partial charge in [0.05, 0.1) is 11.9 Å². The van der Waals surface area contributed by atoms with Crippen molar-refractivity contribution in [1.29, 1.82) is 0 Å². The van der Waals surface area contributed by atoms with Gasteiger partial charge in [0.15, 0.2) is 0 Å². The molecule has 1 N–H and O–H groups in total. The van der Waals surface area contributed by atoms with Crippen molar-refractivity contribution in [2.75, 3.05) is 5.43 Å². The minimum absolute atomic E-state index is 0.432. The summed E-state index contributed by atoms with van der Waals surface area (Å²) in [6.45, 7) is 0. The zero-order valence-corrected chi connectivity index (χ0v) is 13.8. The van der Waals surface area contributed by atoms with Crippen LogP contribution in [0.15, 0.2) is 71.8 Å². The topological polar surface area (TPSA) is 68.0 Å². The zero-order chi connectivity index (χ0) is 17.1. The number of hydrazone groups is 1. The van der Waals surface area contributed by atoms with E-state index in [0.29, 0.717) is 11.0 Å². The first-order valence-corrected chi connectivity index (χ1v) is 8.00. The number of halogens is 1. The van der Waals surface area contributed by atoms with Gasteiger partial charge in [-0.2, -0.15) is 9.78 Å². The highest BCUT2D eigenvalue weighted by Gasteiger charge is 2.10. The largest absolute Gasteiger partial charge is 0.268 e. The van der Waals surface area contributed by atoms with Crippen LogP contribution in [-0.2, 0) is 0 Å². The lowest BCUT2D eigenvalue weighted by Gasteiger charge is -2.07. The molecule has 0 aliphatic heterocycles. The van der Waals surface area contributed by atoms with Crippen molar-refractivity contribution in [3.8, 4) is 5.69 Å². The maximum absolute atomic E-state index is 5.87. The Balaban J connectivity index is 1.63. The van der Waals surface area contributed by atoms with E-state index >= 15 is 0 Å². The molecule has 0 spiro atoms. The second-order valence-electron chi connectivity index (χ2n) is 5.33. The molecule has 0 amide bonds. The molecule has 0 unspecified atom stereocenters. The fraction of sp³-hybridized carbons (Fsp3) is 0. The summed E-state index contributed by atoms with van der Waals surface area (Å²) < 4.78 is 1.63. The molecule has 0 saturated heterocycles. The number of hydrogen-bond acceptors (Lipinski definition) is 5. The number of aromatic nitrogens is 4. The summed E-state index contributed by atoms with van der Waals surface area (Å²) in [6, 6.07) is 21.4. The van der Waals surface area contributed by atoms with Gasteiger partial charge in [-0.15, -0.1) is 0 Å². The van der Waals surface area contributed by atoms with Gasteiger partial charge in [-0.05, 0) is 39.6 Å². The van der Waals surface area contributed by atoms with Crippen molar-refractivity contribution >= 4 is 34.5 Å². The lowest BCUT2D eigenvalue weighted by Crippen LogP contribution is -2.04. The van der Waals surface area contributed by atoms with E-state index in [2.05, 4.69) is 38.2 Å². The van der Waals surface area contributed by atoms with Crippen molar-refractivity contribution in [2.45, 2.75) is 0 Å². The van der Waals surface area contributed by atoms with Crippen LogP contribution in [0.25, 0.3) is 16.5 Å². The maximum Gasteiger partial charge on any atom is 0.268 e. The second kappa shape index (κ2) is 6.70. The van der Waals surface area contributed by atoms with Crippen LogP contribution in [0.5, 0.6) is 0 Å². The third-order valence-electron chi connectivity index (χ3n) is 3.71. The Morgan fingerprint density at radius 2 is 1.76 bits per heavy atom. The van der Waals surface area contributed by atoms with Crippen molar-refractivity contribution in [3.05, 3.63) is 77.3 Å². The van der Waals surface area contributed by atoms with Gasteiger partial charge in [0.1, 0.15) is 0 Å². The molecular weight excluding hydrogens is 336 g/mol. The third kappa shape index (κ3) is 3.20. The summed E-state index contributed by atoms with van der Waals surface area (Å²) in [5.41, 5.74) is 4.68. The first kappa shape index (κ1) is 15.3. The number of rotatable bonds is 4. The predicted molar refractivity (Wildman–Crippen MR) is 99.3 cm³/mol. The summed E-state index contributed by atoms with van der Waals surface area (Å²) in [6.07, 6.45) is 1.68. The molecule has 0 fully saturated rings. The first-order valence-electron chi connectivity index (χ1n) is 7.62. The number of nitrogens with one attached hydrogen (secondary N) is 1. The number of anilines is 1. The average Bonchev–Trinajstić information content (AvgIpc) is 3.11. The second-order valence-corrected chi connectivity index (χ2v) is 5.77.